The Morgan fingerprint density at radius 1 is 1.09 bits per heavy atom. The number of amides is 1. The van der Waals surface area contributed by atoms with Gasteiger partial charge in [-0.1, -0.05) is 24.3 Å². The first-order chi connectivity index (χ1) is 15.4. The Bertz CT molecular complexity index is 1290. The predicted molar refractivity (Wildman–Crippen MR) is 108 cm³/mol. The first-order valence-electron chi connectivity index (χ1n) is 10.2. The molecule has 3 atom stereocenters. The largest absolute Gasteiger partial charge is 0.502 e. The van der Waals surface area contributed by atoms with Crippen LogP contribution in [0.4, 0.5) is 13.2 Å². The second kappa shape index (κ2) is 7.51. The molecule has 1 aromatic heterocycles. The smallest absolute Gasteiger partial charge is 0.276 e. The van der Waals surface area contributed by atoms with E-state index in [0.717, 1.165) is 12.3 Å². The lowest BCUT2D eigenvalue weighted by Gasteiger charge is -2.42. The fraction of sp³-hybridized carbons (Fsp3) is 0.261. The molecule has 1 fully saturated rings. The molecule has 2 aliphatic rings. The Labute approximate surface area is 180 Å². The van der Waals surface area contributed by atoms with Crippen LogP contribution in [0.5, 0.6) is 5.75 Å². The summed E-state index contributed by atoms with van der Waals surface area (Å²) in [4.78, 5) is 26.6. The summed E-state index contributed by atoms with van der Waals surface area (Å²) in [5.74, 6) is -4.96. The highest BCUT2D eigenvalue weighted by molar-refractivity contribution is 5.96. The fourth-order valence-corrected chi connectivity index (χ4v) is 4.97. The highest BCUT2D eigenvalue weighted by Crippen LogP contribution is 2.46. The van der Waals surface area contributed by atoms with E-state index in [0.29, 0.717) is 24.9 Å². The van der Waals surface area contributed by atoms with Gasteiger partial charge >= 0.3 is 0 Å². The van der Waals surface area contributed by atoms with Crippen molar-refractivity contribution in [2.24, 2.45) is 0 Å². The normalized spacial score (nSPS) is 20.7. The third-order valence-electron chi connectivity index (χ3n) is 6.29. The van der Waals surface area contributed by atoms with Gasteiger partial charge in [0.15, 0.2) is 23.1 Å². The molecule has 0 saturated carbocycles. The summed E-state index contributed by atoms with van der Waals surface area (Å²) >= 11 is 0. The molecule has 0 spiro atoms. The molecule has 1 saturated heterocycles. The molecular formula is C23H18F3N3O3. The average Bonchev–Trinajstić information content (AvgIpc) is 3.26. The maximum atomic E-state index is 15.1. The van der Waals surface area contributed by atoms with Crippen molar-refractivity contribution in [2.45, 2.75) is 30.8 Å². The van der Waals surface area contributed by atoms with Crippen molar-refractivity contribution in [3.63, 3.8) is 0 Å². The number of hydrogen-bond donors (Lipinski definition) is 1. The first-order valence-corrected chi connectivity index (χ1v) is 10.2. The summed E-state index contributed by atoms with van der Waals surface area (Å²) in [5, 5.41) is 14.5. The second-order valence-corrected chi connectivity index (χ2v) is 8.03. The zero-order chi connectivity index (χ0) is 22.6. The van der Waals surface area contributed by atoms with Crippen LogP contribution in [-0.4, -0.2) is 38.3 Å². The van der Waals surface area contributed by atoms with Crippen molar-refractivity contribution >= 4 is 5.91 Å². The maximum Gasteiger partial charge on any atom is 0.276 e. The lowest BCUT2D eigenvalue weighted by Crippen LogP contribution is -2.51. The third-order valence-corrected chi connectivity index (χ3v) is 6.29. The van der Waals surface area contributed by atoms with Crippen LogP contribution < -0.4 is 5.43 Å². The average molecular weight is 441 g/mol. The summed E-state index contributed by atoms with van der Waals surface area (Å²) in [6, 6.07) is 8.00. The number of aromatic hydroxyl groups is 1. The van der Waals surface area contributed by atoms with Crippen molar-refractivity contribution in [2.75, 3.05) is 6.54 Å². The Hall–Kier alpha value is -3.62. The van der Waals surface area contributed by atoms with Crippen LogP contribution in [0.3, 0.4) is 0 Å². The minimum Gasteiger partial charge on any atom is -0.502 e. The van der Waals surface area contributed by atoms with Crippen LogP contribution in [0, 0.1) is 17.5 Å². The quantitative estimate of drug-likeness (QED) is 0.677. The number of benzene rings is 2. The fourth-order valence-electron chi connectivity index (χ4n) is 4.97. The minimum atomic E-state index is -1.09. The highest BCUT2D eigenvalue weighted by atomic mass is 19.2. The number of carbonyl (C=O) groups is 1. The van der Waals surface area contributed by atoms with Gasteiger partial charge in [0.2, 0.25) is 5.43 Å². The van der Waals surface area contributed by atoms with Crippen molar-refractivity contribution < 1.29 is 23.1 Å². The zero-order valence-corrected chi connectivity index (χ0v) is 16.7. The molecule has 0 radical (unpaired) electrons. The molecule has 9 heteroatoms. The Morgan fingerprint density at radius 3 is 2.66 bits per heavy atom. The van der Waals surface area contributed by atoms with Crippen LogP contribution in [-0.2, 0) is 0 Å². The molecule has 0 unspecified atom stereocenters. The molecule has 0 aliphatic carbocycles. The van der Waals surface area contributed by atoms with Crippen molar-refractivity contribution in [3.8, 4) is 5.75 Å². The minimum absolute atomic E-state index is 0.0345. The molecule has 0 bridgehead atoms. The number of aromatic nitrogens is 2. The van der Waals surface area contributed by atoms with Crippen molar-refractivity contribution in [3.05, 3.63) is 93.2 Å². The highest BCUT2D eigenvalue weighted by Gasteiger charge is 2.48. The van der Waals surface area contributed by atoms with Gasteiger partial charge in [0, 0.05) is 18.0 Å². The van der Waals surface area contributed by atoms with E-state index in [1.807, 2.05) is 0 Å². The van der Waals surface area contributed by atoms with Gasteiger partial charge in [0.25, 0.3) is 5.91 Å². The van der Waals surface area contributed by atoms with Gasteiger partial charge in [-0.3, -0.25) is 14.3 Å². The third kappa shape index (κ3) is 2.99. The summed E-state index contributed by atoms with van der Waals surface area (Å²) in [6.07, 6.45) is 2.08. The summed E-state index contributed by atoms with van der Waals surface area (Å²) < 4.78 is 44.7. The predicted octanol–water partition coefficient (Wildman–Crippen LogP) is 3.36. The van der Waals surface area contributed by atoms with Gasteiger partial charge in [0.05, 0.1) is 18.3 Å². The number of halogens is 3. The topological polar surface area (TPSA) is 75.4 Å². The van der Waals surface area contributed by atoms with Crippen LogP contribution in [0.1, 0.15) is 46.4 Å². The van der Waals surface area contributed by atoms with E-state index in [1.54, 1.807) is 6.07 Å². The first kappa shape index (κ1) is 20.3. The standard InChI is InChI=1S/C23H18F3N3O3/c24-13-5-1-4-12(10-13)18(14-6-2-7-15(25)19(14)26)20-16-8-3-9-28(16)23(32)21-22(31)17(30)11-27-29(20)21/h1-2,4-7,10-11,16,18,20,31H,3,8-9H2/t16-,18+,20-/m1/s1. The number of hydrogen-bond acceptors (Lipinski definition) is 4. The molecule has 3 heterocycles. The lowest BCUT2D eigenvalue weighted by molar-refractivity contribution is 0.0564. The van der Waals surface area contributed by atoms with Crippen LogP contribution in [0.2, 0.25) is 0 Å². The lowest BCUT2D eigenvalue weighted by atomic mass is 9.79. The van der Waals surface area contributed by atoms with E-state index < -0.39 is 52.5 Å². The Kier molecular flexibility index (Phi) is 4.76. The van der Waals surface area contributed by atoms with Gasteiger partial charge in [-0.05, 0) is 36.6 Å². The summed E-state index contributed by atoms with van der Waals surface area (Å²) in [6.45, 7) is 0.379. The van der Waals surface area contributed by atoms with E-state index in [9.17, 15) is 23.5 Å². The summed E-state index contributed by atoms with van der Waals surface area (Å²) in [5.41, 5.74) is -0.807. The van der Waals surface area contributed by atoms with Crippen LogP contribution >= 0.6 is 0 Å². The van der Waals surface area contributed by atoms with E-state index in [4.69, 9.17) is 0 Å². The number of rotatable bonds is 3. The van der Waals surface area contributed by atoms with Gasteiger partial charge in [0.1, 0.15) is 5.82 Å². The maximum absolute atomic E-state index is 15.1. The van der Waals surface area contributed by atoms with E-state index >= 15 is 4.39 Å². The molecule has 2 aromatic carbocycles. The van der Waals surface area contributed by atoms with Crippen LogP contribution in [0.25, 0.3) is 0 Å². The Balaban J connectivity index is 1.82. The molecule has 5 rings (SSSR count). The summed E-state index contributed by atoms with van der Waals surface area (Å²) in [7, 11) is 0. The molecule has 32 heavy (non-hydrogen) atoms. The number of nitrogens with zero attached hydrogens (tertiary/aromatic N) is 3. The van der Waals surface area contributed by atoms with E-state index in [1.165, 1.54) is 39.9 Å². The molecule has 6 nitrogen and oxygen atoms in total. The van der Waals surface area contributed by atoms with Crippen molar-refractivity contribution in [1.82, 2.24) is 14.7 Å². The number of fused-ring (bicyclic) bond motifs is 2. The van der Waals surface area contributed by atoms with E-state index in [-0.39, 0.29) is 11.3 Å². The van der Waals surface area contributed by atoms with Gasteiger partial charge < -0.3 is 10.0 Å². The molecule has 2 aliphatic heterocycles. The number of carbonyl (C=O) groups excluding carboxylic acids is 1. The molecule has 3 aromatic rings. The monoisotopic (exact) mass is 441 g/mol. The molecular weight excluding hydrogens is 423 g/mol. The van der Waals surface area contributed by atoms with Crippen LogP contribution in [0.15, 0.2) is 53.5 Å². The molecule has 164 valence electrons. The second-order valence-electron chi connectivity index (χ2n) is 8.03. The SMILES string of the molecule is O=C1c2c(O)c(=O)cnn2[C@@H]([C@@H](c2cccc(F)c2)c2cccc(F)c2F)[C@H]2CCCN12. The van der Waals surface area contributed by atoms with E-state index in [2.05, 4.69) is 5.10 Å². The van der Waals surface area contributed by atoms with Gasteiger partial charge in [-0.25, -0.2) is 13.2 Å². The van der Waals surface area contributed by atoms with Gasteiger partial charge in [-0.2, -0.15) is 5.10 Å². The molecule has 1 amide bonds. The zero-order valence-electron chi connectivity index (χ0n) is 16.7. The van der Waals surface area contributed by atoms with Gasteiger partial charge in [-0.15, -0.1) is 0 Å². The van der Waals surface area contributed by atoms with Crippen molar-refractivity contribution in [1.29, 1.82) is 0 Å². The Morgan fingerprint density at radius 2 is 1.88 bits per heavy atom. The molecule has 1 N–H and O–H groups in total.